The molecule has 5 heterocycles. The number of nitrogens with one attached hydrogen (secondary N) is 2. The van der Waals surface area contributed by atoms with Crippen LogP contribution in [0.25, 0.3) is 22.8 Å². The summed E-state index contributed by atoms with van der Waals surface area (Å²) in [7, 11) is 0. The standard InChI is InChI=1S/C17H18N8O/c1-10-12(2-3-13(22-10)15-20-9-21-24-15)14-7-19-16-17(23-14)25-4-5-26-8-11(25)6-18-16/h2-3,7,9,11H,4-6,8H2,1H3,(H,18,19)(H,20,21,24). The lowest BCUT2D eigenvalue weighted by atomic mass is 10.1. The number of rotatable bonds is 2. The molecule has 0 spiro atoms. The number of aryl methyl sites for hydroxylation is 1. The normalized spacial score (nSPS) is 18.8. The number of morpholine rings is 1. The summed E-state index contributed by atoms with van der Waals surface area (Å²) < 4.78 is 5.58. The van der Waals surface area contributed by atoms with Crippen LogP contribution in [-0.2, 0) is 4.74 Å². The number of anilines is 2. The third kappa shape index (κ3) is 2.48. The van der Waals surface area contributed by atoms with Crippen LogP contribution < -0.4 is 10.2 Å². The lowest BCUT2D eigenvalue weighted by Gasteiger charge is -2.40. The fraction of sp³-hybridized carbons (Fsp3) is 0.353. The van der Waals surface area contributed by atoms with Gasteiger partial charge in [-0.05, 0) is 19.1 Å². The average Bonchev–Trinajstić information content (AvgIpc) is 3.22. The molecule has 1 saturated heterocycles. The van der Waals surface area contributed by atoms with Crippen LogP contribution in [0.1, 0.15) is 5.69 Å². The number of hydrogen-bond donors (Lipinski definition) is 2. The van der Waals surface area contributed by atoms with Gasteiger partial charge in [0.1, 0.15) is 12.0 Å². The predicted molar refractivity (Wildman–Crippen MR) is 95.8 cm³/mol. The maximum atomic E-state index is 5.58. The van der Waals surface area contributed by atoms with Crippen molar-refractivity contribution in [2.24, 2.45) is 0 Å². The van der Waals surface area contributed by atoms with Gasteiger partial charge in [0, 0.05) is 24.3 Å². The van der Waals surface area contributed by atoms with Crippen molar-refractivity contribution in [1.82, 2.24) is 30.1 Å². The van der Waals surface area contributed by atoms with Gasteiger partial charge in [-0.15, -0.1) is 0 Å². The molecule has 3 aromatic heterocycles. The molecule has 0 aliphatic carbocycles. The van der Waals surface area contributed by atoms with Gasteiger partial charge in [-0.25, -0.2) is 19.9 Å². The lowest BCUT2D eigenvalue weighted by Crippen LogP contribution is -2.52. The molecule has 0 radical (unpaired) electrons. The highest BCUT2D eigenvalue weighted by Crippen LogP contribution is 2.32. The molecule has 2 N–H and O–H groups in total. The maximum absolute atomic E-state index is 5.58. The predicted octanol–water partition coefficient (Wildman–Crippen LogP) is 1.26. The second-order valence-corrected chi connectivity index (χ2v) is 6.39. The van der Waals surface area contributed by atoms with Gasteiger partial charge in [-0.1, -0.05) is 0 Å². The van der Waals surface area contributed by atoms with E-state index in [1.54, 1.807) is 6.20 Å². The summed E-state index contributed by atoms with van der Waals surface area (Å²) in [6.45, 7) is 5.05. The molecular formula is C17H18N8O. The zero-order chi connectivity index (χ0) is 17.5. The third-order valence-electron chi connectivity index (χ3n) is 4.78. The summed E-state index contributed by atoms with van der Waals surface area (Å²) in [5, 5.41) is 10.1. The zero-order valence-corrected chi connectivity index (χ0v) is 14.3. The molecule has 0 amide bonds. The first kappa shape index (κ1) is 15.2. The number of aromatic nitrogens is 6. The minimum atomic E-state index is 0.300. The van der Waals surface area contributed by atoms with E-state index in [0.717, 1.165) is 47.4 Å². The Balaban J connectivity index is 1.53. The largest absolute Gasteiger partial charge is 0.377 e. The van der Waals surface area contributed by atoms with Crippen molar-refractivity contribution < 1.29 is 4.74 Å². The zero-order valence-electron chi connectivity index (χ0n) is 14.3. The Morgan fingerprint density at radius 3 is 3.00 bits per heavy atom. The summed E-state index contributed by atoms with van der Waals surface area (Å²) in [5.41, 5.74) is 3.39. The average molecular weight is 350 g/mol. The van der Waals surface area contributed by atoms with Crippen molar-refractivity contribution in [2.45, 2.75) is 13.0 Å². The van der Waals surface area contributed by atoms with Crippen LogP contribution in [0.2, 0.25) is 0 Å². The first-order valence-corrected chi connectivity index (χ1v) is 8.58. The fourth-order valence-corrected chi connectivity index (χ4v) is 3.44. The van der Waals surface area contributed by atoms with Gasteiger partial charge >= 0.3 is 0 Å². The van der Waals surface area contributed by atoms with Gasteiger partial charge < -0.3 is 15.0 Å². The Kier molecular flexibility index (Phi) is 3.52. The molecule has 2 aliphatic rings. The van der Waals surface area contributed by atoms with Crippen LogP contribution in [0.3, 0.4) is 0 Å². The number of ether oxygens (including phenoxy) is 1. The number of H-pyrrole nitrogens is 1. The Bertz CT molecular complexity index is 942. The maximum Gasteiger partial charge on any atom is 0.174 e. The van der Waals surface area contributed by atoms with E-state index in [4.69, 9.17) is 9.72 Å². The van der Waals surface area contributed by atoms with Gasteiger partial charge in [-0.3, -0.25) is 5.10 Å². The van der Waals surface area contributed by atoms with Crippen LogP contribution in [0.5, 0.6) is 0 Å². The molecular weight excluding hydrogens is 332 g/mol. The number of hydrogen-bond acceptors (Lipinski definition) is 8. The Morgan fingerprint density at radius 2 is 2.15 bits per heavy atom. The minimum absolute atomic E-state index is 0.300. The van der Waals surface area contributed by atoms with E-state index in [2.05, 4.69) is 35.4 Å². The SMILES string of the molecule is Cc1nc(-c2ncn[nH]2)ccc1-c1cnc2c(n1)N1CCOCC1CN2. The van der Waals surface area contributed by atoms with Crippen molar-refractivity contribution in [1.29, 1.82) is 0 Å². The van der Waals surface area contributed by atoms with Crippen molar-refractivity contribution >= 4 is 11.6 Å². The molecule has 2 aliphatic heterocycles. The first-order chi connectivity index (χ1) is 12.8. The first-order valence-electron chi connectivity index (χ1n) is 8.58. The molecule has 1 unspecified atom stereocenters. The molecule has 9 nitrogen and oxygen atoms in total. The van der Waals surface area contributed by atoms with Crippen LogP contribution in [0.15, 0.2) is 24.7 Å². The van der Waals surface area contributed by atoms with E-state index in [9.17, 15) is 0 Å². The number of pyridine rings is 1. The lowest BCUT2D eigenvalue weighted by molar-refractivity contribution is 0.0958. The summed E-state index contributed by atoms with van der Waals surface area (Å²) in [4.78, 5) is 20.6. The molecule has 5 rings (SSSR count). The van der Waals surface area contributed by atoms with Crippen LogP contribution in [-0.4, -0.2) is 62.5 Å². The molecule has 0 aromatic carbocycles. The second-order valence-electron chi connectivity index (χ2n) is 6.39. The van der Waals surface area contributed by atoms with E-state index in [0.29, 0.717) is 25.1 Å². The smallest absolute Gasteiger partial charge is 0.174 e. The summed E-state index contributed by atoms with van der Waals surface area (Å²) in [5.74, 6) is 2.37. The van der Waals surface area contributed by atoms with Crippen LogP contribution in [0, 0.1) is 6.92 Å². The molecule has 1 atom stereocenters. The molecule has 26 heavy (non-hydrogen) atoms. The number of fused-ring (bicyclic) bond motifs is 3. The highest BCUT2D eigenvalue weighted by Gasteiger charge is 2.31. The van der Waals surface area contributed by atoms with Gasteiger partial charge in [-0.2, -0.15) is 5.10 Å². The summed E-state index contributed by atoms with van der Waals surface area (Å²) in [6.07, 6.45) is 3.27. The fourth-order valence-electron chi connectivity index (χ4n) is 3.44. The van der Waals surface area contributed by atoms with Gasteiger partial charge in [0.15, 0.2) is 17.5 Å². The van der Waals surface area contributed by atoms with E-state index in [1.165, 1.54) is 6.33 Å². The molecule has 9 heteroatoms. The second kappa shape index (κ2) is 6.03. The van der Waals surface area contributed by atoms with Crippen molar-refractivity contribution in [2.75, 3.05) is 36.5 Å². The Labute approximate surface area is 149 Å². The molecule has 0 bridgehead atoms. The van der Waals surface area contributed by atoms with E-state index in [1.807, 2.05) is 19.1 Å². The molecule has 3 aromatic rings. The van der Waals surface area contributed by atoms with Crippen molar-refractivity contribution in [3.05, 3.63) is 30.4 Å². The van der Waals surface area contributed by atoms with E-state index >= 15 is 0 Å². The van der Waals surface area contributed by atoms with E-state index < -0.39 is 0 Å². The topological polar surface area (TPSA) is 105 Å². The highest BCUT2D eigenvalue weighted by atomic mass is 16.5. The molecule has 0 saturated carbocycles. The van der Waals surface area contributed by atoms with Crippen molar-refractivity contribution in [3.63, 3.8) is 0 Å². The molecule has 132 valence electrons. The van der Waals surface area contributed by atoms with Gasteiger partial charge in [0.25, 0.3) is 0 Å². The Hall–Kier alpha value is -3.07. The monoisotopic (exact) mass is 350 g/mol. The third-order valence-corrected chi connectivity index (χ3v) is 4.78. The number of aromatic amines is 1. The summed E-state index contributed by atoms with van der Waals surface area (Å²) >= 11 is 0. The van der Waals surface area contributed by atoms with Gasteiger partial charge in [0.05, 0.1) is 31.1 Å². The van der Waals surface area contributed by atoms with Crippen molar-refractivity contribution in [3.8, 4) is 22.8 Å². The van der Waals surface area contributed by atoms with Crippen LogP contribution in [0.4, 0.5) is 11.6 Å². The quantitative estimate of drug-likeness (QED) is 0.712. The van der Waals surface area contributed by atoms with Gasteiger partial charge in [0.2, 0.25) is 0 Å². The number of nitrogens with zero attached hydrogens (tertiary/aromatic N) is 6. The summed E-state index contributed by atoms with van der Waals surface area (Å²) in [6, 6.07) is 4.22. The minimum Gasteiger partial charge on any atom is -0.377 e. The highest BCUT2D eigenvalue weighted by molar-refractivity contribution is 5.71. The van der Waals surface area contributed by atoms with Crippen LogP contribution >= 0.6 is 0 Å². The molecule has 1 fully saturated rings. The van der Waals surface area contributed by atoms with E-state index in [-0.39, 0.29) is 0 Å². The Morgan fingerprint density at radius 1 is 1.19 bits per heavy atom.